The maximum Gasteiger partial charge on any atom is 0.263 e. The first-order chi connectivity index (χ1) is 10.3. The van der Waals surface area contributed by atoms with Crippen molar-refractivity contribution in [2.45, 2.75) is 64.1 Å². The highest BCUT2D eigenvalue weighted by molar-refractivity contribution is 7.99. The van der Waals surface area contributed by atoms with Gasteiger partial charge >= 0.3 is 0 Å². The van der Waals surface area contributed by atoms with Gasteiger partial charge in [-0.2, -0.15) is 0 Å². The van der Waals surface area contributed by atoms with Gasteiger partial charge in [0.25, 0.3) is 5.56 Å². The van der Waals surface area contributed by atoms with Gasteiger partial charge in [0.15, 0.2) is 5.16 Å². The van der Waals surface area contributed by atoms with Crippen LogP contribution in [0.15, 0.2) is 9.95 Å². The molecule has 3 rings (SSSR count). The van der Waals surface area contributed by atoms with Gasteiger partial charge in [-0.3, -0.25) is 9.36 Å². The van der Waals surface area contributed by atoms with E-state index < -0.39 is 0 Å². The van der Waals surface area contributed by atoms with E-state index in [0.717, 1.165) is 53.4 Å². The van der Waals surface area contributed by atoms with Gasteiger partial charge in [-0.15, -0.1) is 11.3 Å². The van der Waals surface area contributed by atoms with Crippen LogP contribution in [0.25, 0.3) is 10.2 Å². The van der Waals surface area contributed by atoms with Crippen LogP contribution in [0, 0.1) is 0 Å². The van der Waals surface area contributed by atoms with Gasteiger partial charge in [-0.1, -0.05) is 25.6 Å². The molecule has 0 radical (unpaired) electrons. The minimum atomic E-state index is 0.194. The summed E-state index contributed by atoms with van der Waals surface area (Å²) in [6.45, 7) is 5.06. The Morgan fingerprint density at radius 2 is 2.05 bits per heavy atom. The lowest BCUT2D eigenvalue weighted by molar-refractivity contribution is 0.584. The van der Waals surface area contributed by atoms with E-state index >= 15 is 0 Å². The Morgan fingerprint density at radius 3 is 2.81 bits per heavy atom. The normalized spacial score (nSPS) is 14.6. The molecular weight excluding hydrogens is 300 g/mol. The Hall–Kier alpha value is -0.810. The van der Waals surface area contributed by atoms with Gasteiger partial charge in [0, 0.05) is 17.2 Å². The fraction of sp³-hybridized carbons (Fsp3) is 0.625. The van der Waals surface area contributed by atoms with Gasteiger partial charge in [0.2, 0.25) is 0 Å². The maximum absolute atomic E-state index is 13.0. The maximum atomic E-state index is 13.0. The van der Waals surface area contributed by atoms with Crippen molar-refractivity contribution in [1.82, 2.24) is 9.55 Å². The van der Waals surface area contributed by atoms with Crippen molar-refractivity contribution in [3.63, 3.8) is 0 Å². The Bertz CT molecular complexity index is 702. The van der Waals surface area contributed by atoms with Crippen LogP contribution in [0.4, 0.5) is 0 Å². The molecular formula is C16H22N2OS2. The molecule has 2 aromatic rings. The SMILES string of the molecule is CCCSc1nc2sc3c(c2c(=O)n1CCC)CCCC3. The van der Waals surface area contributed by atoms with E-state index in [4.69, 9.17) is 4.98 Å². The fourth-order valence-corrected chi connectivity index (χ4v) is 5.13. The Balaban J connectivity index is 2.19. The smallest absolute Gasteiger partial charge is 0.263 e. The van der Waals surface area contributed by atoms with Gasteiger partial charge in [-0.05, 0) is 44.1 Å². The van der Waals surface area contributed by atoms with Crippen LogP contribution < -0.4 is 5.56 Å². The summed E-state index contributed by atoms with van der Waals surface area (Å²) in [6.07, 6.45) is 6.71. The van der Waals surface area contributed by atoms with Gasteiger partial charge in [0.1, 0.15) is 4.83 Å². The second kappa shape index (κ2) is 6.53. The van der Waals surface area contributed by atoms with Crippen molar-refractivity contribution in [3.05, 3.63) is 20.8 Å². The molecule has 0 spiro atoms. The lowest BCUT2D eigenvalue weighted by Crippen LogP contribution is -2.23. The first-order valence-corrected chi connectivity index (χ1v) is 9.74. The molecule has 5 heteroatoms. The number of nitrogens with zero attached hydrogens (tertiary/aromatic N) is 2. The predicted molar refractivity (Wildman–Crippen MR) is 91.8 cm³/mol. The molecule has 2 aromatic heterocycles. The summed E-state index contributed by atoms with van der Waals surface area (Å²) in [7, 11) is 0. The summed E-state index contributed by atoms with van der Waals surface area (Å²) in [5.74, 6) is 1.02. The minimum absolute atomic E-state index is 0.194. The van der Waals surface area contributed by atoms with Crippen molar-refractivity contribution >= 4 is 33.3 Å². The molecule has 2 heterocycles. The Labute approximate surface area is 133 Å². The second-order valence-electron chi connectivity index (χ2n) is 5.59. The predicted octanol–water partition coefficient (Wildman–Crippen LogP) is 4.25. The van der Waals surface area contributed by atoms with Crippen LogP contribution in [0.3, 0.4) is 0 Å². The van der Waals surface area contributed by atoms with Crippen LogP contribution in [0.1, 0.15) is 50.0 Å². The summed E-state index contributed by atoms with van der Waals surface area (Å²) < 4.78 is 1.91. The average Bonchev–Trinajstić information content (AvgIpc) is 2.86. The van der Waals surface area contributed by atoms with Crippen LogP contribution in [0.2, 0.25) is 0 Å². The first-order valence-electron chi connectivity index (χ1n) is 7.94. The zero-order valence-corrected chi connectivity index (χ0v) is 14.4. The summed E-state index contributed by atoms with van der Waals surface area (Å²) >= 11 is 3.47. The highest BCUT2D eigenvalue weighted by atomic mass is 32.2. The Kier molecular flexibility index (Phi) is 4.69. The van der Waals surface area contributed by atoms with Crippen molar-refractivity contribution in [3.8, 4) is 0 Å². The third kappa shape index (κ3) is 2.78. The van der Waals surface area contributed by atoms with Crippen molar-refractivity contribution in [2.24, 2.45) is 0 Å². The quantitative estimate of drug-likeness (QED) is 0.610. The Morgan fingerprint density at radius 1 is 1.24 bits per heavy atom. The molecule has 1 aliphatic carbocycles. The van der Waals surface area contributed by atoms with E-state index in [0.29, 0.717) is 0 Å². The number of fused-ring (bicyclic) bond motifs is 3. The molecule has 0 bridgehead atoms. The van der Waals surface area contributed by atoms with Crippen LogP contribution in [0.5, 0.6) is 0 Å². The zero-order valence-electron chi connectivity index (χ0n) is 12.8. The van der Waals surface area contributed by atoms with Crippen molar-refractivity contribution in [2.75, 3.05) is 5.75 Å². The molecule has 0 unspecified atom stereocenters. The molecule has 114 valence electrons. The van der Waals surface area contributed by atoms with Crippen molar-refractivity contribution in [1.29, 1.82) is 0 Å². The molecule has 0 atom stereocenters. The monoisotopic (exact) mass is 322 g/mol. The van der Waals surface area contributed by atoms with Gasteiger partial charge in [-0.25, -0.2) is 4.98 Å². The third-order valence-corrected chi connectivity index (χ3v) is 6.29. The average molecular weight is 322 g/mol. The van der Waals surface area contributed by atoms with E-state index in [1.165, 1.54) is 23.3 Å². The van der Waals surface area contributed by atoms with Crippen LogP contribution in [-0.2, 0) is 19.4 Å². The fourth-order valence-electron chi connectivity index (χ4n) is 2.94. The lowest BCUT2D eigenvalue weighted by Gasteiger charge is -2.12. The number of rotatable bonds is 5. The van der Waals surface area contributed by atoms with Crippen molar-refractivity contribution < 1.29 is 0 Å². The molecule has 1 aliphatic rings. The van der Waals surface area contributed by atoms with E-state index in [9.17, 15) is 4.79 Å². The first kappa shape index (κ1) is 15.1. The molecule has 0 aliphatic heterocycles. The third-order valence-electron chi connectivity index (χ3n) is 3.92. The summed E-state index contributed by atoms with van der Waals surface area (Å²) in [4.78, 5) is 20.2. The molecule has 0 amide bonds. The molecule has 21 heavy (non-hydrogen) atoms. The molecule has 0 saturated carbocycles. The van der Waals surface area contributed by atoms with E-state index in [-0.39, 0.29) is 5.56 Å². The largest absolute Gasteiger partial charge is 0.287 e. The number of aromatic nitrogens is 2. The van der Waals surface area contributed by atoms with Gasteiger partial charge < -0.3 is 0 Å². The van der Waals surface area contributed by atoms with E-state index in [1.54, 1.807) is 23.1 Å². The van der Waals surface area contributed by atoms with Crippen LogP contribution >= 0.6 is 23.1 Å². The molecule has 3 nitrogen and oxygen atoms in total. The second-order valence-corrected chi connectivity index (χ2v) is 7.74. The topological polar surface area (TPSA) is 34.9 Å². The number of hydrogen-bond acceptors (Lipinski definition) is 4. The number of aryl methyl sites for hydroxylation is 2. The molecule has 0 aromatic carbocycles. The zero-order chi connectivity index (χ0) is 14.8. The molecule has 0 saturated heterocycles. The van der Waals surface area contributed by atoms with Crippen LogP contribution in [-0.4, -0.2) is 15.3 Å². The lowest BCUT2D eigenvalue weighted by atomic mass is 9.97. The standard InChI is InChI=1S/C16H22N2OS2/c1-3-9-18-15(19)13-11-7-5-6-8-12(11)21-14(13)17-16(18)20-10-4-2/h3-10H2,1-2H3. The summed E-state index contributed by atoms with van der Waals surface area (Å²) in [6, 6.07) is 0. The number of thiophene rings is 1. The summed E-state index contributed by atoms with van der Waals surface area (Å²) in [5.41, 5.74) is 1.50. The minimum Gasteiger partial charge on any atom is -0.287 e. The summed E-state index contributed by atoms with van der Waals surface area (Å²) in [5, 5.41) is 1.83. The number of hydrogen-bond donors (Lipinski definition) is 0. The van der Waals surface area contributed by atoms with E-state index in [1.807, 2.05) is 4.57 Å². The molecule has 0 N–H and O–H groups in total. The highest BCUT2D eigenvalue weighted by Gasteiger charge is 2.21. The number of thioether (sulfide) groups is 1. The van der Waals surface area contributed by atoms with Gasteiger partial charge in [0.05, 0.1) is 5.39 Å². The highest BCUT2D eigenvalue weighted by Crippen LogP contribution is 2.34. The van der Waals surface area contributed by atoms with E-state index in [2.05, 4.69) is 13.8 Å². The molecule has 0 fully saturated rings.